The van der Waals surface area contributed by atoms with Crippen molar-refractivity contribution < 1.29 is 24.5 Å². The lowest BCUT2D eigenvalue weighted by Crippen LogP contribution is -2.34. The highest BCUT2D eigenvalue weighted by atomic mass is 32.1. The van der Waals surface area contributed by atoms with Gasteiger partial charge in [0, 0.05) is 11.9 Å². The van der Waals surface area contributed by atoms with Crippen molar-refractivity contribution in [3.8, 4) is 0 Å². The number of carbonyl (C=O) groups excluding carboxylic acids is 2. The van der Waals surface area contributed by atoms with Crippen molar-refractivity contribution in [1.82, 2.24) is 10.3 Å². The minimum Gasteiger partial charge on any atom is -0.444 e. The summed E-state index contributed by atoms with van der Waals surface area (Å²) in [7, 11) is 0. The van der Waals surface area contributed by atoms with E-state index < -0.39 is 23.9 Å². The molecule has 0 aliphatic rings. The molecule has 7 nitrogen and oxygen atoms in total. The van der Waals surface area contributed by atoms with Gasteiger partial charge in [-0.15, -0.1) is 11.3 Å². The monoisotopic (exact) mass is 316 g/mol. The largest absolute Gasteiger partial charge is 0.444 e. The van der Waals surface area contributed by atoms with Crippen LogP contribution in [0.2, 0.25) is 0 Å². The van der Waals surface area contributed by atoms with E-state index >= 15 is 0 Å². The molecule has 0 aromatic carbocycles. The first-order valence-corrected chi connectivity index (χ1v) is 7.34. The Morgan fingerprint density at radius 1 is 1.52 bits per heavy atom. The van der Waals surface area contributed by atoms with Crippen molar-refractivity contribution in [3.63, 3.8) is 0 Å². The van der Waals surface area contributed by atoms with Gasteiger partial charge in [0.05, 0.1) is 6.10 Å². The molecular formula is C13H20N2O5S. The predicted octanol–water partition coefficient (Wildman–Crippen LogP) is 1.26. The molecule has 0 aliphatic heterocycles. The lowest BCUT2D eigenvalue weighted by molar-refractivity contribution is 0.0121. The van der Waals surface area contributed by atoms with Crippen LogP contribution in [0.5, 0.6) is 0 Å². The molecule has 0 spiro atoms. The summed E-state index contributed by atoms with van der Waals surface area (Å²) in [6.07, 6.45) is -2.16. The summed E-state index contributed by atoms with van der Waals surface area (Å²) in [5, 5.41) is 24.0. The fourth-order valence-corrected chi connectivity index (χ4v) is 2.25. The number of amides is 1. The standard InChI is InChI=1S/C13H20N2O5S/c1-13(2,3)20-12(19)14-5-4-9(17)10(18)11-15-8(6-16)7-21-11/h6-7,9-10,17-18H,4-5H2,1-3H3,(H,14,19). The molecule has 1 amide bonds. The Labute approximate surface area is 127 Å². The van der Waals surface area contributed by atoms with Crippen LogP contribution < -0.4 is 5.32 Å². The number of thiazole rings is 1. The van der Waals surface area contributed by atoms with Crippen LogP contribution in [0.15, 0.2) is 5.38 Å². The maximum Gasteiger partial charge on any atom is 0.407 e. The van der Waals surface area contributed by atoms with Gasteiger partial charge in [-0.2, -0.15) is 0 Å². The van der Waals surface area contributed by atoms with Gasteiger partial charge in [-0.05, 0) is 27.2 Å². The summed E-state index contributed by atoms with van der Waals surface area (Å²) in [4.78, 5) is 25.8. The highest BCUT2D eigenvalue weighted by molar-refractivity contribution is 7.09. The Morgan fingerprint density at radius 3 is 2.71 bits per heavy atom. The van der Waals surface area contributed by atoms with E-state index in [2.05, 4.69) is 10.3 Å². The summed E-state index contributed by atoms with van der Waals surface area (Å²) in [6, 6.07) is 0. The maximum absolute atomic E-state index is 11.4. The van der Waals surface area contributed by atoms with Crippen molar-refractivity contribution in [3.05, 3.63) is 16.1 Å². The third kappa shape index (κ3) is 6.19. The summed E-state index contributed by atoms with van der Waals surface area (Å²) in [6.45, 7) is 5.40. The summed E-state index contributed by atoms with van der Waals surface area (Å²) >= 11 is 1.09. The lowest BCUT2D eigenvalue weighted by Gasteiger charge is -2.20. The number of carbonyl (C=O) groups is 2. The van der Waals surface area contributed by atoms with Gasteiger partial charge < -0.3 is 20.3 Å². The van der Waals surface area contributed by atoms with Gasteiger partial charge in [-0.1, -0.05) is 0 Å². The zero-order valence-electron chi connectivity index (χ0n) is 12.2. The first-order chi connectivity index (χ1) is 9.73. The van der Waals surface area contributed by atoms with E-state index in [9.17, 15) is 19.8 Å². The van der Waals surface area contributed by atoms with Crippen LogP contribution >= 0.6 is 11.3 Å². The van der Waals surface area contributed by atoms with E-state index in [0.29, 0.717) is 6.29 Å². The topological polar surface area (TPSA) is 109 Å². The second-order valence-corrected chi connectivity index (χ2v) is 6.35. The minimum absolute atomic E-state index is 0.135. The number of nitrogens with one attached hydrogen (secondary N) is 1. The van der Waals surface area contributed by atoms with Gasteiger partial charge in [0.25, 0.3) is 0 Å². The van der Waals surface area contributed by atoms with Crippen molar-refractivity contribution in [2.24, 2.45) is 0 Å². The smallest absolute Gasteiger partial charge is 0.407 e. The molecule has 2 unspecified atom stereocenters. The number of nitrogens with zero attached hydrogens (tertiary/aromatic N) is 1. The second kappa shape index (κ2) is 7.48. The molecule has 1 aromatic heterocycles. The van der Waals surface area contributed by atoms with E-state index in [-0.39, 0.29) is 23.7 Å². The first-order valence-electron chi connectivity index (χ1n) is 6.46. The van der Waals surface area contributed by atoms with Crippen LogP contribution in [0, 0.1) is 0 Å². The highest BCUT2D eigenvalue weighted by Gasteiger charge is 2.22. The summed E-state index contributed by atoms with van der Waals surface area (Å²) < 4.78 is 5.04. The van der Waals surface area contributed by atoms with Gasteiger partial charge in [0.15, 0.2) is 6.29 Å². The number of ether oxygens (including phenoxy) is 1. The number of aliphatic hydroxyl groups is 2. The average Bonchev–Trinajstić information content (AvgIpc) is 2.84. The van der Waals surface area contributed by atoms with E-state index in [0.717, 1.165) is 11.3 Å². The molecule has 1 heterocycles. The minimum atomic E-state index is -1.19. The molecule has 1 aromatic rings. The van der Waals surface area contributed by atoms with Gasteiger partial charge in [0.2, 0.25) is 0 Å². The molecule has 0 aliphatic carbocycles. The van der Waals surface area contributed by atoms with Crippen LogP contribution in [0.3, 0.4) is 0 Å². The molecule has 118 valence electrons. The second-order valence-electron chi connectivity index (χ2n) is 5.46. The molecule has 21 heavy (non-hydrogen) atoms. The third-order valence-electron chi connectivity index (χ3n) is 2.39. The number of hydrogen-bond donors (Lipinski definition) is 3. The number of rotatable bonds is 6. The fourth-order valence-electron chi connectivity index (χ4n) is 1.45. The number of aldehydes is 1. The van der Waals surface area contributed by atoms with Crippen molar-refractivity contribution in [2.45, 2.75) is 45.0 Å². The summed E-state index contributed by atoms with van der Waals surface area (Å²) in [5.74, 6) is 0. The molecule has 0 saturated carbocycles. The molecule has 2 atom stereocenters. The number of aliphatic hydroxyl groups excluding tert-OH is 2. The number of hydrogen-bond acceptors (Lipinski definition) is 7. The van der Waals surface area contributed by atoms with E-state index in [1.165, 1.54) is 5.38 Å². The first kappa shape index (κ1) is 17.5. The molecular weight excluding hydrogens is 296 g/mol. The Hall–Kier alpha value is -1.51. The van der Waals surface area contributed by atoms with Gasteiger partial charge in [-0.25, -0.2) is 9.78 Å². The fraction of sp³-hybridized carbons (Fsp3) is 0.615. The van der Waals surface area contributed by atoms with Crippen LogP contribution in [0.25, 0.3) is 0 Å². The van der Waals surface area contributed by atoms with Crippen LogP contribution in [-0.4, -0.2) is 45.8 Å². The average molecular weight is 316 g/mol. The predicted molar refractivity (Wildman–Crippen MR) is 77.3 cm³/mol. The SMILES string of the molecule is CC(C)(C)OC(=O)NCCC(O)C(O)c1nc(C=O)cs1. The molecule has 1 rings (SSSR count). The molecule has 0 radical (unpaired) electrons. The molecule has 0 fully saturated rings. The zero-order chi connectivity index (χ0) is 16.0. The molecule has 0 bridgehead atoms. The zero-order valence-corrected chi connectivity index (χ0v) is 13.0. The molecule has 3 N–H and O–H groups in total. The van der Waals surface area contributed by atoms with Gasteiger partial charge in [-0.3, -0.25) is 4.79 Å². The van der Waals surface area contributed by atoms with Crippen LogP contribution in [-0.2, 0) is 4.74 Å². The van der Waals surface area contributed by atoms with E-state index in [1.807, 2.05) is 0 Å². The Bertz CT molecular complexity index is 483. The van der Waals surface area contributed by atoms with Crippen molar-refractivity contribution in [2.75, 3.05) is 6.54 Å². The van der Waals surface area contributed by atoms with Crippen LogP contribution in [0.4, 0.5) is 4.79 Å². The number of alkyl carbamates (subject to hydrolysis) is 1. The summed E-state index contributed by atoms with van der Waals surface area (Å²) in [5.41, 5.74) is -0.373. The molecule has 0 saturated heterocycles. The van der Waals surface area contributed by atoms with Crippen molar-refractivity contribution >= 4 is 23.7 Å². The number of aromatic nitrogens is 1. The molecule has 8 heteroatoms. The van der Waals surface area contributed by atoms with Gasteiger partial charge >= 0.3 is 6.09 Å². The maximum atomic E-state index is 11.4. The quantitative estimate of drug-likeness (QED) is 0.682. The van der Waals surface area contributed by atoms with E-state index in [4.69, 9.17) is 4.74 Å². The normalized spacial score (nSPS) is 14.3. The third-order valence-corrected chi connectivity index (χ3v) is 3.32. The Kier molecular flexibility index (Phi) is 6.25. The highest BCUT2D eigenvalue weighted by Crippen LogP contribution is 2.22. The lowest BCUT2D eigenvalue weighted by atomic mass is 10.1. The van der Waals surface area contributed by atoms with Crippen LogP contribution in [0.1, 0.15) is 48.8 Å². The van der Waals surface area contributed by atoms with Gasteiger partial charge in [0.1, 0.15) is 22.4 Å². The Morgan fingerprint density at radius 2 is 2.19 bits per heavy atom. The van der Waals surface area contributed by atoms with E-state index in [1.54, 1.807) is 20.8 Å². The Balaban J connectivity index is 2.38. The van der Waals surface area contributed by atoms with Crippen molar-refractivity contribution in [1.29, 1.82) is 0 Å².